The maximum atomic E-state index is 12.0. The van der Waals surface area contributed by atoms with Gasteiger partial charge in [0, 0.05) is 23.8 Å². The van der Waals surface area contributed by atoms with Crippen LogP contribution >= 0.6 is 22.9 Å². The highest BCUT2D eigenvalue weighted by molar-refractivity contribution is 7.13. The van der Waals surface area contributed by atoms with E-state index in [9.17, 15) is 9.59 Å². The summed E-state index contributed by atoms with van der Waals surface area (Å²) < 4.78 is 0. The zero-order chi connectivity index (χ0) is 15.2. The molecule has 0 bridgehead atoms. The first kappa shape index (κ1) is 15.7. The molecular weight excluding hydrogens is 308 g/mol. The molecule has 0 aliphatic carbocycles. The van der Waals surface area contributed by atoms with E-state index in [1.54, 1.807) is 17.5 Å². The molecule has 0 radical (unpaired) electrons. The summed E-state index contributed by atoms with van der Waals surface area (Å²) >= 11 is 6.97. The van der Waals surface area contributed by atoms with Crippen LogP contribution in [0.2, 0.25) is 0 Å². The van der Waals surface area contributed by atoms with Gasteiger partial charge in [0.1, 0.15) is 0 Å². The predicted molar refractivity (Wildman–Crippen MR) is 85.0 cm³/mol. The third kappa shape index (κ3) is 4.65. The van der Waals surface area contributed by atoms with E-state index < -0.39 is 0 Å². The van der Waals surface area contributed by atoms with Crippen LogP contribution in [0.1, 0.15) is 34.5 Å². The molecule has 0 atom stereocenters. The van der Waals surface area contributed by atoms with Crippen molar-refractivity contribution in [1.29, 1.82) is 0 Å². The Labute approximate surface area is 132 Å². The van der Waals surface area contributed by atoms with Crippen LogP contribution in [0.25, 0.3) is 0 Å². The molecule has 2 aromatic rings. The molecule has 1 aromatic carbocycles. The zero-order valence-corrected chi connectivity index (χ0v) is 13.1. The number of thiazole rings is 1. The Bertz CT molecular complexity index is 637. The molecule has 0 aliphatic rings. The summed E-state index contributed by atoms with van der Waals surface area (Å²) in [6.07, 6.45) is 0.325. The average Bonchev–Trinajstić information content (AvgIpc) is 2.93. The number of benzene rings is 1. The zero-order valence-electron chi connectivity index (χ0n) is 11.6. The Hall–Kier alpha value is -1.72. The summed E-state index contributed by atoms with van der Waals surface area (Å²) in [7, 11) is 0. The summed E-state index contributed by atoms with van der Waals surface area (Å²) in [5, 5.41) is 4.97. The van der Waals surface area contributed by atoms with Crippen LogP contribution in [0, 0.1) is 6.92 Å². The number of nitrogens with one attached hydrogen (secondary N) is 1. The van der Waals surface area contributed by atoms with Crippen LogP contribution < -0.4 is 5.32 Å². The van der Waals surface area contributed by atoms with Crippen molar-refractivity contribution < 1.29 is 9.59 Å². The van der Waals surface area contributed by atoms with Crippen LogP contribution in [0.3, 0.4) is 0 Å². The molecule has 1 N–H and O–H groups in total. The molecule has 0 saturated heterocycles. The lowest BCUT2D eigenvalue weighted by molar-refractivity contribution is -0.116. The lowest BCUT2D eigenvalue weighted by Gasteiger charge is -2.02. The number of ketones is 1. The second kappa shape index (κ2) is 7.33. The van der Waals surface area contributed by atoms with Crippen molar-refractivity contribution in [2.75, 3.05) is 5.32 Å². The summed E-state index contributed by atoms with van der Waals surface area (Å²) in [5.41, 5.74) is 2.46. The standard InChI is InChI=1S/C15H15ClN2O2S/c1-10-2-4-11(5-3-10)13(19)6-7-14(20)18-15-17-12(8-16)9-21-15/h2-5,9H,6-8H2,1H3,(H,17,18,20). The highest BCUT2D eigenvalue weighted by Gasteiger charge is 2.11. The van der Waals surface area contributed by atoms with Gasteiger partial charge >= 0.3 is 0 Å². The highest BCUT2D eigenvalue weighted by Crippen LogP contribution is 2.17. The number of anilines is 1. The number of alkyl halides is 1. The van der Waals surface area contributed by atoms with Gasteiger partial charge in [-0.15, -0.1) is 22.9 Å². The number of nitrogens with zero attached hydrogens (tertiary/aromatic N) is 1. The highest BCUT2D eigenvalue weighted by atomic mass is 35.5. The first-order valence-corrected chi connectivity index (χ1v) is 7.90. The van der Waals surface area contributed by atoms with E-state index in [0.29, 0.717) is 16.6 Å². The molecule has 1 heterocycles. The number of rotatable bonds is 6. The third-order valence-electron chi connectivity index (χ3n) is 2.89. The molecule has 0 aliphatic heterocycles. The van der Waals surface area contributed by atoms with Crippen molar-refractivity contribution in [3.8, 4) is 0 Å². The summed E-state index contributed by atoms with van der Waals surface area (Å²) in [4.78, 5) is 27.9. The molecule has 110 valence electrons. The Kier molecular flexibility index (Phi) is 5.47. The van der Waals surface area contributed by atoms with Crippen LogP contribution in [0.15, 0.2) is 29.6 Å². The van der Waals surface area contributed by atoms with Crippen LogP contribution in [-0.2, 0) is 10.7 Å². The number of aryl methyl sites for hydroxylation is 1. The van der Waals surface area contributed by atoms with Gasteiger partial charge in [-0.3, -0.25) is 9.59 Å². The third-order valence-corrected chi connectivity index (χ3v) is 3.97. The van der Waals surface area contributed by atoms with Crippen molar-refractivity contribution in [3.05, 3.63) is 46.5 Å². The van der Waals surface area contributed by atoms with E-state index in [2.05, 4.69) is 10.3 Å². The molecule has 1 amide bonds. The molecule has 0 saturated carbocycles. The number of halogens is 1. The van der Waals surface area contributed by atoms with E-state index >= 15 is 0 Å². The van der Waals surface area contributed by atoms with Gasteiger partial charge in [-0.25, -0.2) is 4.98 Å². The van der Waals surface area contributed by atoms with Crippen molar-refractivity contribution in [1.82, 2.24) is 4.98 Å². The number of Topliss-reactive ketones (excluding diaryl/α,β-unsaturated/α-hetero) is 1. The van der Waals surface area contributed by atoms with Crippen molar-refractivity contribution in [2.45, 2.75) is 25.6 Å². The Balaban J connectivity index is 1.83. The molecule has 0 unspecified atom stereocenters. The first-order valence-electron chi connectivity index (χ1n) is 6.48. The normalized spacial score (nSPS) is 10.4. The largest absolute Gasteiger partial charge is 0.302 e. The Morgan fingerprint density at radius 3 is 2.57 bits per heavy atom. The van der Waals surface area contributed by atoms with Gasteiger partial charge in [-0.05, 0) is 6.92 Å². The second-order valence-corrected chi connectivity index (χ2v) is 5.74. The van der Waals surface area contributed by atoms with E-state index in [-0.39, 0.29) is 24.5 Å². The second-order valence-electron chi connectivity index (χ2n) is 4.62. The molecule has 0 fully saturated rings. The smallest absolute Gasteiger partial charge is 0.226 e. The fraction of sp³-hybridized carbons (Fsp3) is 0.267. The quantitative estimate of drug-likeness (QED) is 0.650. The van der Waals surface area contributed by atoms with Gasteiger partial charge in [0.15, 0.2) is 10.9 Å². The number of aromatic nitrogens is 1. The minimum absolute atomic E-state index is 0.0364. The van der Waals surface area contributed by atoms with Gasteiger partial charge in [-0.2, -0.15) is 0 Å². The van der Waals surface area contributed by atoms with Gasteiger partial charge in [-0.1, -0.05) is 29.8 Å². The fourth-order valence-corrected chi connectivity index (χ4v) is 2.67. The van der Waals surface area contributed by atoms with Gasteiger partial charge < -0.3 is 5.32 Å². The molecular formula is C15H15ClN2O2S. The maximum Gasteiger partial charge on any atom is 0.226 e. The predicted octanol–water partition coefficient (Wildman–Crippen LogP) is 3.79. The van der Waals surface area contributed by atoms with Gasteiger partial charge in [0.25, 0.3) is 0 Å². The van der Waals surface area contributed by atoms with E-state index in [4.69, 9.17) is 11.6 Å². The monoisotopic (exact) mass is 322 g/mol. The molecule has 21 heavy (non-hydrogen) atoms. The molecule has 4 nitrogen and oxygen atoms in total. The summed E-state index contributed by atoms with van der Waals surface area (Å²) in [6.45, 7) is 1.96. The number of hydrogen-bond acceptors (Lipinski definition) is 4. The molecule has 1 aromatic heterocycles. The van der Waals surface area contributed by atoms with E-state index in [0.717, 1.165) is 11.3 Å². The maximum absolute atomic E-state index is 12.0. The summed E-state index contributed by atoms with van der Waals surface area (Å²) in [5.74, 6) is 0.0647. The van der Waals surface area contributed by atoms with Crippen LogP contribution in [0.4, 0.5) is 5.13 Å². The number of amides is 1. The minimum atomic E-state index is -0.217. The topological polar surface area (TPSA) is 59.1 Å². The van der Waals surface area contributed by atoms with E-state index in [1.807, 2.05) is 19.1 Å². The van der Waals surface area contributed by atoms with Crippen molar-refractivity contribution in [2.24, 2.45) is 0 Å². The first-order chi connectivity index (χ1) is 10.1. The van der Waals surface area contributed by atoms with Crippen LogP contribution in [0.5, 0.6) is 0 Å². The van der Waals surface area contributed by atoms with E-state index in [1.165, 1.54) is 11.3 Å². The minimum Gasteiger partial charge on any atom is -0.302 e. The lowest BCUT2D eigenvalue weighted by Crippen LogP contribution is -2.13. The number of carbonyl (C=O) groups excluding carboxylic acids is 2. The number of hydrogen-bond donors (Lipinski definition) is 1. The SMILES string of the molecule is Cc1ccc(C(=O)CCC(=O)Nc2nc(CCl)cs2)cc1. The Morgan fingerprint density at radius 2 is 1.95 bits per heavy atom. The number of carbonyl (C=O) groups is 2. The summed E-state index contributed by atoms with van der Waals surface area (Å²) in [6, 6.07) is 7.33. The lowest BCUT2D eigenvalue weighted by atomic mass is 10.1. The molecule has 2 rings (SSSR count). The molecule has 6 heteroatoms. The van der Waals surface area contributed by atoms with Gasteiger partial charge in [0.05, 0.1) is 11.6 Å². The fourth-order valence-electron chi connectivity index (χ4n) is 1.72. The van der Waals surface area contributed by atoms with Crippen molar-refractivity contribution >= 4 is 39.8 Å². The van der Waals surface area contributed by atoms with Crippen molar-refractivity contribution in [3.63, 3.8) is 0 Å². The van der Waals surface area contributed by atoms with Gasteiger partial charge in [0.2, 0.25) is 5.91 Å². The average molecular weight is 323 g/mol. The van der Waals surface area contributed by atoms with Crippen LogP contribution in [-0.4, -0.2) is 16.7 Å². The Morgan fingerprint density at radius 1 is 1.24 bits per heavy atom. The molecule has 0 spiro atoms.